The lowest BCUT2D eigenvalue weighted by Crippen LogP contribution is -2.27. The molecule has 0 aliphatic rings. The van der Waals surface area contributed by atoms with Gasteiger partial charge >= 0.3 is 12.6 Å². The third-order valence-electron chi connectivity index (χ3n) is 1.99. The summed E-state index contributed by atoms with van der Waals surface area (Å²) in [5.74, 6) is -1.31. The topological polar surface area (TPSA) is 54.0 Å². The van der Waals surface area contributed by atoms with Gasteiger partial charge in [-0.25, -0.2) is 0 Å². The van der Waals surface area contributed by atoms with Gasteiger partial charge in [0.05, 0.1) is 0 Å². The molecule has 2 aromatic rings. The Hall–Kier alpha value is -1.99. The first-order valence-electron chi connectivity index (χ1n) is 4.19. The van der Waals surface area contributed by atoms with Crippen molar-refractivity contribution in [2.45, 2.75) is 6.61 Å². The van der Waals surface area contributed by atoms with Crippen LogP contribution < -0.4 is 9.47 Å². The summed E-state index contributed by atoms with van der Waals surface area (Å²) < 4.78 is 42.2. The standard InChI is InChI=1S/C8H6F3N3O2/c1-13-5-2-4(16-8(10)11)3-14(15)6(5)7(9)12-13/h2-3,8H,1H3. The largest absolute Gasteiger partial charge is 0.618 e. The predicted molar refractivity (Wildman–Crippen MR) is 46.3 cm³/mol. The van der Waals surface area contributed by atoms with Crippen molar-refractivity contribution in [3.8, 4) is 5.75 Å². The highest BCUT2D eigenvalue weighted by molar-refractivity contribution is 5.72. The van der Waals surface area contributed by atoms with Gasteiger partial charge in [-0.3, -0.25) is 4.68 Å². The van der Waals surface area contributed by atoms with Crippen LogP contribution in [-0.2, 0) is 7.05 Å². The Morgan fingerprint density at radius 1 is 1.56 bits per heavy atom. The Morgan fingerprint density at radius 2 is 2.25 bits per heavy atom. The van der Waals surface area contributed by atoms with Crippen molar-refractivity contribution in [2.75, 3.05) is 0 Å². The number of pyridine rings is 1. The maximum absolute atomic E-state index is 13.1. The lowest BCUT2D eigenvalue weighted by molar-refractivity contribution is -0.578. The molecule has 2 aromatic heterocycles. The van der Waals surface area contributed by atoms with E-state index in [-0.39, 0.29) is 21.5 Å². The smallest absolute Gasteiger partial charge is 0.387 e. The number of nitrogens with zero attached hydrogens (tertiary/aromatic N) is 3. The van der Waals surface area contributed by atoms with Crippen LogP contribution in [0.2, 0.25) is 0 Å². The monoisotopic (exact) mass is 233 g/mol. The highest BCUT2D eigenvalue weighted by atomic mass is 19.3. The zero-order valence-electron chi connectivity index (χ0n) is 8.02. The van der Waals surface area contributed by atoms with Gasteiger partial charge in [-0.1, -0.05) is 0 Å². The van der Waals surface area contributed by atoms with Gasteiger partial charge in [0.1, 0.15) is 5.52 Å². The molecule has 0 amide bonds. The molecule has 8 heteroatoms. The molecule has 16 heavy (non-hydrogen) atoms. The van der Waals surface area contributed by atoms with Crippen LogP contribution in [0.3, 0.4) is 0 Å². The van der Waals surface area contributed by atoms with Crippen molar-refractivity contribution in [1.29, 1.82) is 0 Å². The zero-order chi connectivity index (χ0) is 11.9. The van der Waals surface area contributed by atoms with Crippen molar-refractivity contribution in [1.82, 2.24) is 9.78 Å². The van der Waals surface area contributed by atoms with Crippen molar-refractivity contribution in [2.24, 2.45) is 7.05 Å². The van der Waals surface area contributed by atoms with E-state index in [1.165, 1.54) is 7.05 Å². The van der Waals surface area contributed by atoms with Gasteiger partial charge in [0.15, 0.2) is 5.75 Å². The lowest BCUT2D eigenvalue weighted by atomic mass is 10.3. The molecule has 2 heterocycles. The molecule has 0 unspecified atom stereocenters. The van der Waals surface area contributed by atoms with E-state index in [1.54, 1.807) is 0 Å². The molecular formula is C8H6F3N3O2. The van der Waals surface area contributed by atoms with Crippen molar-refractivity contribution in [3.63, 3.8) is 0 Å². The Morgan fingerprint density at radius 3 is 2.88 bits per heavy atom. The summed E-state index contributed by atoms with van der Waals surface area (Å²) in [5.41, 5.74) is -0.241. The first-order chi connectivity index (χ1) is 7.49. The van der Waals surface area contributed by atoms with E-state index in [0.717, 1.165) is 16.9 Å². The summed E-state index contributed by atoms with van der Waals surface area (Å²) in [7, 11) is 1.39. The molecule has 2 rings (SSSR count). The molecule has 0 atom stereocenters. The first kappa shape index (κ1) is 10.5. The second-order valence-electron chi connectivity index (χ2n) is 3.03. The number of fused-ring (bicyclic) bond motifs is 1. The number of rotatable bonds is 2. The van der Waals surface area contributed by atoms with E-state index in [0.29, 0.717) is 0 Å². The number of ether oxygens (including phenoxy) is 1. The molecule has 0 spiro atoms. The average Bonchev–Trinajstić information content (AvgIpc) is 2.41. The van der Waals surface area contributed by atoms with Crippen LogP contribution in [-0.4, -0.2) is 16.4 Å². The summed E-state index contributed by atoms with van der Waals surface area (Å²) >= 11 is 0. The Kier molecular flexibility index (Phi) is 2.33. The molecule has 86 valence electrons. The maximum atomic E-state index is 13.1. The van der Waals surface area contributed by atoms with Crippen LogP contribution in [0, 0.1) is 11.2 Å². The highest BCUT2D eigenvalue weighted by Gasteiger charge is 2.20. The van der Waals surface area contributed by atoms with Gasteiger partial charge in [0.25, 0.3) is 5.52 Å². The quantitative estimate of drug-likeness (QED) is 0.573. The minimum absolute atomic E-state index is 0.0747. The number of alkyl halides is 2. The van der Waals surface area contributed by atoms with Crippen LogP contribution in [0.15, 0.2) is 12.3 Å². The van der Waals surface area contributed by atoms with Crippen LogP contribution in [0.25, 0.3) is 11.0 Å². The Bertz CT molecular complexity index is 541. The van der Waals surface area contributed by atoms with Gasteiger partial charge in [0.2, 0.25) is 6.20 Å². The maximum Gasteiger partial charge on any atom is 0.387 e. The summed E-state index contributed by atoms with van der Waals surface area (Å²) in [5, 5.41) is 14.7. The van der Waals surface area contributed by atoms with E-state index in [1.807, 2.05) is 0 Å². The molecule has 0 aliphatic carbocycles. The zero-order valence-corrected chi connectivity index (χ0v) is 8.02. The third kappa shape index (κ3) is 1.62. The minimum Gasteiger partial charge on any atom is -0.618 e. The first-order valence-corrected chi connectivity index (χ1v) is 4.19. The fourth-order valence-corrected chi connectivity index (χ4v) is 1.38. The van der Waals surface area contributed by atoms with E-state index in [2.05, 4.69) is 9.84 Å². The number of aryl methyl sites for hydroxylation is 1. The molecule has 0 N–H and O–H groups in total. The molecule has 0 fully saturated rings. The van der Waals surface area contributed by atoms with E-state index in [4.69, 9.17) is 0 Å². The summed E-state index contributed by atoms with van der Waals surface area (Å²) in [6.45, 7) is -3.05. The fraction of sp³-hybridized carbons (Fsp3) is 0.250. The molecule has 0 bridgehead atoms. The highest BCUT2D eigenvalue weighted by Crippen LogP contribution is 2.19. The van der Waals surface area contributed by atoms with Gasteiger partial charge < -0.3 is 9.94 Å². The van der Waals surface area contributed by atoms with Crippen molar-refractivity contribution in [3.05, 3.63) is 23.4 Å². The van der Waals surface area contributed by atoms with E-state index >= 15 is 0 Å². The van der Waals surface area contributed by atoms with Crippen LogP contribution in [0.5, 0.6) is 5.75 Å². The second-order valence-corrected chi connectivity index (χ2v) is 3.03. The molecule has 5 nitrogen and oxygen atoms in total. The Labute approximate surface area is 87.2 Å². The summed E-state index contributed by atoms with van der Waals surface area (Å²) in [6, 6.07) is 1.12. The molecule has 0 aliphatic heterocycles. The molecule has 0 saturated heterocycles. The minimum atomic E-state index is -3.05. The third-order valence-corrected chi connectivity index (χ3v) is 1.99. The molecule has 0 aromatic carbocycles. The summed E-state index contributed by atoms with van der Waals surface area (Å²) in [6.07, 6.45) is 0.721. The van der Waals surface area contributed by atoms with Crippen LogP contribution in [0.1, 0.15) is 0 Å². The SMILES string of the molecule is Cn1nc(F)c2c1cc(OC(F)F)c[n+]2[O-]. The normalized spacial score (nSPS) is 11.3. The van der Waals surface area contributed by atoms with Crippen molar-refractivity contribution >= 4 is 11.0 Å². The molecule has 0 radical (unpaired) electrons. The number of aromatic nitrogens is 3. The van der Waals surface area contributed by atoms with Crippen LogP contribution in [0.4, 0.5) is 13.2 Å². The van der Waals surface area contributed by atoms with E-state index in [9.17, 15) is 18.4 Å². The predicted octanol–water partition coefficient (Wildman–Crippen LogP) is 0.947. The average molecular weight is 233 g/mol. The van der Waals surface area contributed by atoms with Crippen LogP contribution >= 0.6 is 0 Å². The van der Waals surface area contributed by atoms with Gasteiger partial charge in [-0.05, 0) is 0 Å². The molecule has 0 saturated carbocycles. The van der Waals surface area contributed by atoms with Crippen molar-refractivity contribution < 1.29 is 22.6 Å². The number of hydrogen-bond acceptors (Lipinski definition) is 3. The van der Waals surface area contributed by atoms with Gasteiger partial charge in [-0.15, -0.1) is 5.10 Å². The fourth-order valence-electron chi connectivity index (χ4n) is 1.38. The summed E-state index contributed by atoms with van der Waals surface area (Å²) in [4.78, 5) is 0. The lowest BCUT2D eigenvalue weighted by Gasteiger charge is -2.04. The second kappa shape index (κ2) is 3.54. The van der Waals surface area contributed by atoms with Gasteiger partial charge in [-0.2, -0.15) is 17.9 Å². The van der Waals surface area contributed by atoms with E-state index < -0.39 is 12.6 Å². The van der Waals surface area contributed by atoms with Gasteiger partial charge in [0, 0.05) is 13.1 Å². The Balaban J connectivity index is 2.62. The number of hydrogen-bond donors (Lipinski definition) is 0. The number of halogens is 3. The molecular weight excluding hydrogens is 227 g/mol.